The fraction of sp³-hybridized carbons (Fsp3) is 0.611. The van der Waals surface area contributed by atoms with Crippen molar-refractivity contribution in [2.24, 2.45) is 5.92 Å². The Bertz CT molecular complexity index is 620. The van der Waals surface area contributed by atoms with Gasteiger partial charge >= 0.3 is 0 Å². The zero-order valence-corrected chi connectivity index (χ0v) is 16.4. The van der Waals surface area contributed by atoms with E-state index in [4.69, 9.17) is 0 Å². The molecule has 0 spiro atoms. The molecule has 0 saturated carbocycles. The van der Waals surface area contributed by atoms with Crippen molar-refractivity contribution in [3.8, 4) is 0 Å². The molecular weight excluding hydrogens is 360 g/mol. The van der Waals surface area contributed by atoms with Crippen LogP contribution in [-0.2, 0) is 21.1 Å². The number of halogens is 1. The summed E-state index contributed by atoms with van der Waals surface area (Å²) < 4.78 is 24.4. The molecule has 1 fully saturated rings. The number of rotatable bonds is 8. The van der Waals surface area contributed by atoms with Gasteiger partial charge in [0.1, 0.15) is 5.75 Å². The molecule has 7 heteroatoms. The summed E-state index contributed by atoms with van der Waals surface area (Å²) in [5, 5.41) is 3.13. The van der Waals surface area contributed by atoms with Crippen molar-refractivity contribution in [2.75, 3.05) is 38.2 Å². The van der Waals surface area contributed by atoms with Gasteiger partial charge in [0, 0.05) is 13.1 Å². The Labute approximate surface area is 157 Å². The summed E-state index contributed by atoms with van der Waals surface area (Å²) in [5.74, 6) is -0.0980. The lowest BCUT2D eigenvalue weighted by atomic mass is 9.98. The predicted molar refractivity (Wildman–Crippen MR) is 104 cm³/mol. The van der Waals surface area contributed by atoms with Gasteiger partial charge in [0.05, 0.1) is 5.75 Å². The average Bonchev–Trinajstić information content (AvgIpc) is 2.56. The second-order valence-electron chi connectivity index (χ2n) is 6.59. The van der Waals surface area contributed by atoms with E-state index in [1.54, 1.807) is 4.90 Å². The highest BCUT2D eigenvalue weighted by Crippen LogP contribution is 2.16. The third-order valence-electron chi connectivity index (χ3n) is 4.47. The van der Waals surface area contributed by atoms with Gasteiger partial charge in [-0.1, -0.05) is 30.3 Å². The minimum Gasteiger partial charge on any atom is -0.341 e. The van der Waals surface area contributed by atoms with Crippen LogP contribution in [0.5, 0.6) is 0 Å². The van der Waals surface area contributed by atoms with Gasteiger partial charge in [-0.25, -0.2) is 8.42 Å². The third kappa shape index (κ3) is 7.75. The van der Waals surface area contributed by atoms with Crippen molar-refractivity contribution in [3.63, 3.8) is 0 Å². The number of nitrogens with zero attached hydrogens (tertiary/aromatic N) is 1. The van der Waals surface area contributed by atoms with Crippen molar-refractivity contribution in [2.45, 2.75) is 25.7 Å². The number of amides is 1. The van der Waals surface area contributed by atoms with Gasteiger partial charge in [0.2, 0.25) is 5.91 Å². The maximum absolute atomic E-state index is 12.3. The average molecular weight is 389 g/mol. The number of nitrogens with one attached hydrogen (secondary N) is 1. The van der Waals surface area contributed by atoms with Crippen molar-refractivity contribution < 1.29 is 13.2 Å². The summed E-state index contributed by atoms with van der Waals surface area (Å²) in [6, 6.07) is 9.83. The first kappa shape index (κ1) is 21.9. The largest absolute Gasteiger partial charge is 0.341 e. The van der Waals surface area contributed by atoms with E-state index in [-0.39, 0.29) is 29.8 Å². The Morgan fingerprint density at radius 2 is 2.00 bits per heavy atom. The smallest absolute Gasteiger partial charge is 0.237 e. The number of aryl methyl sites for hydroxylation is 1. The van der Waals surface area contributed by atoms with Crippen LogP contribution < -0.4 is 5.32 Å². The minimum atomic E-state index is -3.34. The highest BCUT2D eigenvalue weighted by atomic mass is 35.5. The molecule has 2 rings (SSSR count). The first-order valence-corrected chi connectivity index (χ1v) is 10.5. The Balaban J connectivity index is 0.00000312. The molecule has 1 aliphatic rings. The van der Waals surface area contributed by atoms with Gasteiger partial charge in [-0.3, -0.25) is 4.79 Å². The number of piperidine rings is 1. The lowest BCUT2D eigenvalue weighted by molar-refractivity contribution is -0.130. The molecule has 1 heterocycles. The van der Waals surface area contributed by atoms with Crippen LogP contribution in [0, 0.1) is 5.92 Å². The topological polar surface area (TPSA) is 66.5 Å². The van der Waals surface area contributed by atoms with E-state index < -0.39 is 9.84 Å². The summed E-state index contributed by atoms with van der Waals surface area (Å²) in [5.41, 5.74) is 1.13. The van der Waals surface area contributed by atoms with E-state index in [1.807, 2.05) is 37.4 Å². The Kier molecular flexibility index (Phi) is 9.46. The summed E-state index contributed by atoms with van der Waals surface area (Å²) in [7, 11) is -1.44. The molecule has 1 saturated heterocycles. The highest BCUT2D eigenvalue weighted by molar-refractivity contribution is 7.92. The molecule has 1 amide bonds. The molecule has 1 aliphatic heterocycles. The fourth-order valence-electron chi connectivity index (χ4n) is 3.24. The van der Waals surface area contributed by atoms with Crippen LogP contribution in [0.4, 0.5) is 0 Å². The van der Waals surface area contributed by atoms with E-state index in [0.29, 0.717) is 25.4 Å². The summed E-state index contributed by atoms with van der Waals surface area (Å²) in [6.07, 6.45) is 3.32. The molecule has 142 valence electrons. The molecule has 25 heavy (non-hydrogen) atoms. The molecule has 5 nitrogen and oxygen atoms in total. The molecule has 1 aromatic carbocycles. The van der Waals surface area contributed by atoms with Gasteiger partial charge in [0.15, 0.2) is 9.84 Å². The van der Waals surface area contributed by atoms with E-state index in [0.717, 1.165) is 31.4 Å². The third-order valence-corrected chi connectivity index (χ3v) is 6.07. The highest BCUT2D eigenvalue weighted by Gasteiger charge is 2.26. The predicted octanol–water partition coefficient (Wildman–Crippen LogP) is 1.91. The number of benzene rings is 1. The van der Waals surface area contributed by atoms with Crippen molar-refractivity contribution >= 4 is 28.2 Å². The number of hydrogen-bond donors (Lipinski definition) is 1. The number of hydrogen-bond acceptors (Lipinski definition) is 4. The molecule has 0 bridgehead atoms. The second-order valence-corrected chi connectivity index (χ2v) is 8.77. The molecule has 1 N–H and O–H groups in total. The van der Waals surface area contributed by atoms with Crippen LogP contribution in [0.25, 0.3) is 0 Å². The van der Waals surface area contributed by atoms with Crippen LogP contribution in [0.1, 0.15) is 24.8 Å². The SMILES string of the molecule is CNCC1CCCN(C(=O)CS(=O)(=O)CCCc2ccccc2)C1.Cl. The Morgan fingerprint density at radius 1 is 1.28 bits per heavy atom. The fourth-order valence-corrected chi connectivity index (χ4v) is 4.53. The monoisotopic (exact) mass is 388 g/mol. The van der Waals surface area contributed by atoms with Crippen LogP contribution >= 0.6 is 12.4 Å². The van der Waals surface area contributed by atoms with E-state index in [1.165, 1.54) is 0 Å². The molecule has 0 aliphatic carbocycles. The van der Waals surface area contributed by atoms with Crippen LogP contribution in [0.15, 0.2) is 30.3 Å². The lowest BCUT2D eigenvalue weighted by Gasteiger charge is -2.32. The standard InChI is InChI=1S/C18H28N2O3S.ClH/c1-19-13-17-9-5-11-20(14-17)18(21)15-24(22,23)12-6-10-16-7-3-2-4-8-16;/h2-4,7-8,17,19H,5-6,9-15H2,1H3;1H. The van der Waals surface area contributed by atoms with Crippen LogP contribution in [0.2, 0.25) is 0 Å². The van der Waals surface area contributed by atoms with E-state index >= 15 is 0 Å². The molecular formula is C18H29ClN2O3S. The van der Waals surface area contributed by atoms with Gasteiger partial charge < -0.3 is 10.2 Å². The molecule has 1 aromatic rings. The maximum atomic E-state index is 12.3. The van der Waals surface area contributed by atoms with Crippen LogP contribution in [0.3, 0.4) is 0 Å². The number of carbonyl (C=O) groups is 1. The summed E-state index contributed by atoms with van der Waals surface area (Å²) in [4.78, 5) is 14.0. The zero-order chi connectivity index (χ0) is 17.4. The maximum Gasteiger partial charge on any atom is 0.237 e. The summed E-state index contributed by atoms with van der Waals surface area (Å²) in [6.45, 7) is 2.21. The second kappa shape index (κ2) is 10.8. The first-order valence-electron chi connectivity index (χ1n) is 8.67. The van der Waals surface area contributed by atoms with Crippen LogP contribution in [-0.4, -0.2) is 57.4 Å². The zero-order valence-electron chi connectivity index (χ0n) is 14.8. The lowest BCUT2D eigenvalue weighted by Crippen LogP contribution is -2.44. The number of likely N-dealkylation sites (tertiary alicyclic amines) is 1. The minimum absolute atomic E-state index is 0. The molecule has 1 atom stereocenters. The Morgan fingerprint density at radius 3 is 2.68 bits per heavy atom. The summed E-state index contributed by atoms with van der Waals surface area (Å²) >= 11 is 0. The first-order chi connectivity index (χ1) is 11.5. The molecule has 0 aromatic heterocycles. The van der Waals surface area contributed by atoms with Crippen molar-refractivity contribution in [1.29, 1.82) is 0 Å². The van der Waals surface area contributed by atoms with Gasteiger partial charge in [-0.2, -0.15) is 0 Å². The van der Waals surface area contributed by atoms with Gasteiger partial charge in [0.25, 0.3) is 0 Å². The van der Waals surface area contributed by atoms with E-state index in [2.05, 4.69) is 5.32 Å². The van der Waals surface area contributed by atoms with Crippen molar-refractivity contribution in [1.82, 2.24) is 10.2 Å². The Hall–Kier alpha value is -1.11. The molecule has 1 unspecified atom stereocenters. The molecule has 0 radical (unpaired) electrons. The normalized spacial score (nSPS) is 17.8. The quantitative estimate of drug-likeness (QED) is 0.738. The number of sulfone groups is 1. The van der Waals surface area contributed by atoms with E-state index in [9.17, 15) is 13.2 Å². The van der Waals surface area contributed by atoms with Gasteiger partial charge in [-0.05, 0) is 50.8 Å². The number of carbonyl (C=O) groups excluding carboxylic acids is 1. The van der Waals surface area contributed by atoms with Crippen molar-refractivity contribution in [3.05, 3.63) is 35.9 Å². The van der Waals surface area contributed by atoms with Gasteiger partial charge in [-0.15, -0.1) is 12.4 Å².